The molecule has 164 valence electrons. The minimum Gasteiger partial charge on any atom is -0.481 e. The van der Waals surface area contributed by atoms with E-state index in [2.05, 4.69) is 5.32 Å². The van der Waals surface area contributed by atoms with Crippen molar-refractivity contribution in [3.05, 3.63) is 29.8 Å². The van der Waals surface area contributed by atoms with Crippen LogP contribution in [0.25, 0.3) is 0 Å². The highest BCUT2D eigenvalue weighted by Crippen LogP contribution is 2.65. The van der Waals surface area contributed by atoms with Crippen LogP contribution in [-0.4, -0.2) is 56.3 Å². The number of alkyl carbamates (subject to hydrolysis) is 1. The van der Waals surface area contributed by atoms with Crippen LogP contribution in [-0.2, 0) is 14.3 Å². The molecular formula is C21H27NO7S. The van der Waals surface area contributed by atoms with E-state index < -0.39 is 58.9 Å². The predicted octanol–water partition coefficient (Wildman–Crippen LogP) is 2.37. The summed E-state index contributed by atoms with van der Waals surface area (Å²) in [5, 5.41) is 32.9. The van der Waals surface area contributed by atoms with Crippen molar-refractivity contribution in [1.29, 1.82) is 0 Å². The average molecular weight is 438 g/mol. The van der Waals surface area contributed by atoms with Gasteiger partial charge in [0.2, 0.25) is 0 Å². The topological polar surface area (TPSA) is 133 Å². The summed E-state index contributed by atoms with van der Waals surface area (Å²) in [6.45, 7) is 6.89. The second kappa shape index (κ2) is 7.77. The van der Waals surface area contributed by atoms with Gasteiger partial charge in [-0.15, -0.1) is 11.8 Å². The first kappa shape index (κ1) is 22.4. The number of nitrogens with one attached hydrogen (secondary N) is 1. The summed E-state index contributed by atoms with van der Waals surface area (Å²) < 4.78 is 5.25. The molecule has 0 heterocycles. The monoisotopic (exact) mass is 437 g/mol. The molecule has 2 fully saturated rings. The zero-order chi connectivity index (χ0) is 22.4. The second-order valence-electron chi connectivity index (χ2n) is 8.99. The van der Waals surface area contributed by atoms with Gasteiger partial charge in [-0.25, -0.2) is 9.59 Å². The van der Waals surface area contributed by atoms with E-state index in [9.17, 15) is 29.7 Å². The van der Waals surface area contributed by atoms with Crippen molar-refractivity contribution in [1.82, 2.24) is 5.32 Å². The largest absolute Gasteiger partial charge is 0.481 e. The Bertz CT molecular complexity index is 850. The van der Waals surface area contributed by atoms with Crippen molar-refractivity contribution in [3.8, 4) is 0 Å². The Hall–Kier alpha value is -2.26. The number of aryl methyl sites for hydroxylation is 1. The quantitative estimate of drug-likeness (QED) is 0.499. The van der Waals surface area contributed by atoms with Crippen LogP contribution in [0.15, 0.2) is 29.2 Å². The van der Waals surface area contributed by atoms with Gasteiger partial charge in [-0.3, -0.25) is 4.79 Å². The molecule has 1 aromatic carbocycles. The van der Waals surface area contributed by atoms with Gasteiger partial charge in [-0.05, 0) is 39.8 Å². The van der Waals surface area contributed by atoms with Gasteiger partial charge < -0.3 is 25.4 Å². The summed E-state index contributed by atoms with van der Waals surface area (Å²) in [5.74, 6) is -5.86. The predicted molar refractivity (Wildman–Crippen MR) is 109 cm³/mol. The number of fused-ring (bicyclic) bond motifs is 1. The number of benzene rings is 1. The molecule has 0 bridgehead atoms. The number of carboxylic acid groups (broad SMARTS) is 2. The smallest absolute Gasteiger partial charge is 0.408 e. The summed E-state index contributed by atoms with van der Waals surface area (Å²) in [7, 11) is 0. The number of ether oxygens (including phenoxy) is 1. The van der Waals surface area contributed by atoms with Gasteiger partial charge in [-0.1, -0.05) is 17.7 Å². The Kier molecular flexibility index (Phi) is 5.81. The lowest BCUT2D eigenvalue weighted by atomic mass is 9.80. The number of aliphatic hydroxyl groups is 1. The fraction of sp³-hybridized carbons (Fsp3) is 0.571. The lowest BCUT2D eigenvalue weighted by Crippen LogP contribution is -2.63. The summed E-state index contributed by atoms with van der Waals surface area (Å²) in [6.07, 6.45) is -2.11. The van der Waals surface area contributed by atoms with E-state index in [0.717, 1.165) is 10.5 Å². The minimum absolute atomic E-state index is 0.200. The van der Waals surface area contributed by atoms with Gasteiger partial charge in [-0.2, -0.15) is 0 Å². The first-order valence-corrected chi connectivity index (χ1v) is 10.7. The maximum Gasteiger partial charge on any atom is 0.408 e. The molecule has 1 aromatic rings. The molecule has 3 rings (SSSR count). The molecule has 0 spiro atoms. The molecule has 2 aliphatic carbocycles. The number of amides is 1. The van der Waals surface area contributed by atoms with Gasteiger partial charge in [0.1, 0.15) is 5.60 Å². The number of aliphatic carboxylic acids is 2. The van der Waals surface area contributed by atoms with E-state index in [4.69, 9.17) is 4.74 Å². The van der Waals surface area contributed by atoms with Crippen LogP contribution in [0.3, 0.4) is 0 Å². The van der Waals surface area contributed by atoms with E-state index >= 15 is 0 Å². The van der Waals surface area contributed by atoms with Crippen molar-refractivity contribution < 1.29 is 34.4 Å². The van der Waals surface area contributed by atoms with Gasteiger partial charge in [0.15, 0.2) is 5.54 Å². The van der Waals surface area contributed by atoms with Gasteiger partial charge in [0.05, 0.1) is 12.0 Å². The second-order valence-corrected chi connectivity index (χ2v) is 10.1. The Labute approximate surface area is 179 Å². The van der Waals surface area contributed by atoms with E-state index in [1.54, 1.807) is 20.8 Å². The van der Waals surface area contributed by atoms with Crippen molar-refractivity contribution in [2.75, 3.05) is 5.75 Å². The maximum absolute atomic E-state index is 12.5. The van der Waals surface area contributed by atoms with Gasteiger partial charge in [0, 0.05) is 28.4 Å². The Morgan fingerprint density at radius 1 is 1.17 bits per heavy atom. The van der Waals surface area contributed by atoms with Crippen molar-refractivity contribution in [3.63, 3.8) is 0 Å². The lowest BCUT2D eigenvalue weighted by molar-refractivity contribution is -0.150. The fourth-order valence-corrected chi connectivity index (χ4v) is 5.66. The minimum atomic E-state index is -1.92. The van der Waals surface area contributed by atoms with E-state index in [1.165, 1.54) is 11.8 Å². The molecule has 6 atom stereocenters. The van der Waals surface area contributed by atoms with Crippen LogP contribution in [0, 0.1) is 30.6 Å². The van der Waals surface area contributed by atoms with Crippen LogP contribution in [0.2, 0.25) is 0 Å². The zero-order valence-corrected chi connectivity index (χ0v) is 18.1. The molecule has 0 unspecified atom stereocenters. The average Bonchev–Trinajstić information content (AvgIpc) is 3.31. The van der Waals surface area contributed by atoms with Crippen LogP contribution in [0.5, 0.6) is 0 Å². The van der Waals surface area contributed by atoms with Crippen molar-refractivity contribution in [2.45, 2.75) is 49.8 Å². The summed E-state index contributed by atoms with van der Waals surface area (Å²) in [6, 6.07) is 7.64. The summed E-state index contributed by atoms with van der Waals surface area (Å²) in [4.78, 5) is 37.5. The van der Waals surface area contributed by atoms with Gasteiger partial charge >= 0.3 is 18.0 Å². The molecule has 2 aliphatic rings. The highest BCUT2D eigenvalue weighted by Gasteiger charge is 2.79. The molecule has 9 heteroatoms. The molecule has 0 aromatic heterocycles. The third-order valence-corrected chi connectivity index (χ3v) is 6.92. The molecule has 4 N–H and O–H groups in total. The molecule has 8 nitrogen and oxygen atoms in total. The number of rotatable bonds is 6. The lowest BCUT2D eigenvalue weighted by Gasteiger charge is -2.37. The fourth-order valence-electron chi connectivity index (χ4n) is 4.50. The molecular weight excluding hydrogens is 410 g/mol. The molecule has 30 heavy (non-hydrogen) atoms. The van der Waals surface area contributed by atoms with Crippen molar-refractivity contribution >= 4 is 29.8 Å². The van der Waals surface area contributed by atoms with Crippen LogP contribution in [0.4, 0.5) is 4.79 Å². The normalized spacial score (nSPS) is 32.2. The number of thioether (sulfide) groups is 1. The number of hydrogen-bond donors (Lipinski definition) is 4. The standard InChI is InChI=1S/C21H27NO7S/c1-10-5-7-11(8-6-10)30-9-12-16(23)13-14(17(24)25)15(13)21(12,18(26)27)22-19(28)29-20(2,3)4/h5-8,12-16,23H,9H2,1-4H3,(H,22,28)(H,24,25)(H,26,27)/t12-,13+,14+,15+,16-,21+/m1/s1. The molecule has 0 radical (unpaired) electrons. The van der Waals surface area contributed by atoms with Crippen molar-refractivity contribution in [2.24, 2.45) is 23.7 Å². The van der Waals surface area contributed by atoms with Gasteiger partial charge in [0.25, 0.3) is 0 Å². The van der Waals surface area contributed by atoms with Crippen LogP contribution >= 0.6 is 11.8 Å². The SMILES string of the molecule is Cc1ccc(SC[C@@H]2[C@@H](O)[C@H]3[C@H](C(=O)O)[C@H]3[C@]2(NC(=O)OC(C)(C)C)C(=O)O)cc1. The Morgan fingerprint density at radius 3 is 2.27 bits per heavy atom. The maximum atomic E-state index is 12.5. The van der Waals surface area contributed by atoms with Crippen LogP contribution < -0.4 is 5.32 Å². The highest BCUT2D eigenvalue weighted by molar-refractivity contribution is 7.99. The number of hydrogen-bond acceptors (Lipinski definition) is 6. The summed E-state index contributed by atoms with van der Waals surface area (Å²) >= 11 is 1.36. The zero-order valence-electron chi connectivity index (χ0n) is 17.3. The third-order valence-electron chi connectivity index (χ3n) is 5.79. The highest BCUT2D eigenvalue weighted by atomic mass is 32.2. The Balaban J connectivity index is 1.90. The molecule has 0 aliphatic heterocycles. The van der Waals surface area contributed by atoms with E-state index in [-0.39, 0.29) is 5.75 Å². The first-order valence-electron chi connectivity index (χ1n) is 9.73. The molecule has 2 saturated carbocycles. The van der Waals surface area contributed by atoms with E-state index in [0.29, 0.717) is 0 Å². The third kappa shape index (κ3) is 4.00. The van der Waals surface area contributed by atoms with Crippen LogP contribution in [0.1, 0.15) is 26.3 Å². The number of carbonyl (C=O) groups is 3. The number of aliphatic hydroxyl groups excluding tert-OH is 1. The first-order chi connectivity index (χ1) is 13.9. The number of carbonyl (C=O) groups excluding carboxylic acids is 1. The molecule has 0 saturated heterocycles. The Morgan fingerprint density at radius 2 is 1.77 bits per heavy atom. The van der Waals surface area contributed by atoms with E-state index in [1.807, 2.05) is 31.2 Å². The summed E-state index contributed by atoms with van der Waals surface area (Å²) in [5.41, 5.74) is -1.70. The molecule has 1 amide bonds. The number of carboxylic acids is 2.